The average molecular weight is 410 g/mol. The number of carbonyl (C=O) groups is 1. The lowest BCUT2D eigenvalue weighted by Gasteiger charge is -2.15. The smallest absolute Gasteiger partial charge is 0.262 e. The van der Waals surface area contributed by atoms with Gasteiger partial charge >= 0.3 is 0 Å². The molecule has 0 bridgehead atoms. The molecule has 3 aromatic rings. The molecule has 1 aromatic heterocycles. The monoisotopic (exact) mass is 409 g/mol. The minimum atomic E-state index is -3.84. The Hall–Kier alpha value is -3.19. The number of carbonyl (C=O) groups excluding carboxylic acids is 1. The third-order valence-electron chi connectivity index (χ3n) is 4.52. The largest absolute Gasteiger partial charge is 0.344 e. The molecule has 3 rings (SSSR count). The first-order valence-corrected chi connectivity index (χ1v) is 10.7. The zero-order valence-electron chi connectivity index (χ0n) is 16.5. The van der Waals surface area contributed by atoms with E-state index in [2.05, 4.69) is 15.0 Å². The maximum atomic E-state index is 12.9. The summed E-state index contributed by atoms with van der Waals surface area (Å²) in [5, 5.41) is 2.85. The van der Waals surface area contributed by atoms with Crippen molar-refractivity contribution in [1.29, 1.82) is 0 Å². The zero-order chi connectivity index (χ0) is 21.0. The van der Waals surface area contributed by atoms with Gasteiger partial charge in [0, 0.05) is 17.4 Å². The molecule has 1 atom stereocenters. The van der Waals surface area contributed by atoms with E-state index >= 15 is 0 Å². The van der Waals surface area contributed by atoms with Crippen molar-refractivity contribution in [2.24, 2.45) is 0 Å². The predicted molar refractivity (Wildman–Crippen MR) is 113 cm³/mol. The molecule has 0 saturated heterocycles. The first kappa shape index (κ1) is 20.5. The molecule has 0 radical (unpaired) electrons. The number of aromatic nitrogens is 1. The SMILES string of the molecule is Cc1ccc(NS(=O)(=O)c2cc(C(=O)NC(C)c3ccccn3)ccc2C)cc1. The summed E-state index contributed by atoms with van der Waals surface area (Å²) in [6.45, 7) is 5.45. The van der Waals surface area contributed by atoms with Gasteiger partial charge in [0.05, 0.1) is 16.6 Å². The number of hydrogen-bond acceptors (Lipinski definition) is 4. The summed E-state index contributed by atoms with van der Waals surface area (Å²) in [5.74, 6) is -0.366. The van der Waals surface area contributed by atoms with E-state index in [1.165, 1.54) is 6.07 Å². The number of nitrogens with zero attached hydrogens (tertiary/aromatic N) is 1. The quantitative estimate of drug-likeness (QED) is 0.644. The van der Waals surface area contributed by atoms with Crippen LogP contribution in [0, 0.1) is 13.8 Å². The number of rotatable bonds is 6. The summed E-state index contributed by atoms with van der Waals surface area (Å²) < 4.78 is 28.3. The van der Waals surface area contributed by atoms with Crippen molar-refractivity contribution in [3.63, 3.8) is 0 Å². The molecule has 1 amide bonds. The Morgan fingerprint density at radius 2 is 1.72 bits per heavy atom. The molecule has 1 heterocycles. The fourth-order valence-electron chi connectivity index (χ4n) is 2.85. The molecule has 29 heavy (non-hydrogen) atoms. The number of aryl methyl sites for hydroxylation is 2. The summed E-state index contributed by atoms with van der Waals surface area (Å²) in [7, 11) is -3.84. The summed E-state index contributed by atoms with van der Waals surface area (Å²) in [4.78, 5) is 17.0. The van der Waals surface area contributed by atoms with E-state index in [0.717, 1.165) is 11.3 Å². The highest BCUT2D eigenvalue weighted by molar-refractivity contribution is 7.92. The lowest BCUT2D eigenvalue weighted by Crippen LogP contribution is -2.27. The number of sulfonamides is 1. The van der Waals surface area contributed by atoms with Crippen LogP contribution < -0.4 is 10.0 Å². The van der Waals surface area contributed by atoms with Gasteiger partial charge in [0.1, 0.15) is 0 Å². The highest BCUT2D eigenvalue weighted by Crippen LogP contribution is 2.22. The van der Waals surface area contributed by atoms with E-state index in [9.17, 15) is 13.2 Å². The maximum Gasteiger partial charge on any atom is 0.262 e. The minimum Gasteiger partial charge on any atom is -0.344 e. The number of amides is 1. The van der Waals surface area contributed by atoms with E-state index in [1.54, 1.807) is 43.5 Å². The van der Waals surface area contributed by atoms with Gasteiger partial charge in [-0.3, -0.25) is 14.5 Å². The van der Waals surface area contributed by atoms with Crippen molar-refractivity contribution in [2.75, 3.05) is 4.72 Å². The Bertz CT molecular complexity index is 1110. The molecule has 0 aliphatic rings. The van der Waals surface area contributed by atoms with Gasteiger partial charge in [0.25, 0.3) is 15.9 Å². The molecule has 0 spiro atoms. The van der Waals surface area contributed by atoms with Gasteiger partial charge in [-0.15, -0.1) is 0 Å². The van der Waals surface area contributed by atoms with Crippen molar-refractivity contribution < 1.29 is 13.2 Å². The molecule has 1 unspecified atom stereocenters. The molecular formula is C22H23N3O3S. The second-order valence-electron chi connectivity index (χ2n) is 6.90. The molecule has 0 aliphatic heterocycles. The van der Waals surface area contributed by atoms with Crippen LogP contribution in [0.25, 0.3) is 0 Å². The second-order valence-corrected chi connectivity index (χ2v) is 8.55. The van der Waals surface area contributed by atoms with Gasteiger partial charge in [-0.2, -0.15) is 0 Å². The summed E-state index contributed by atoms with van der Waals surface area (Å²) >= 11 is 0. The van der Waals surface area contributed by atoms with Crippen LogP contribution in [0.15, 0.2) is 71.8 Å². The Morgan fingerprint density at radius 1 is 1.00 bits per heavy atom. The van der Waals surface area contributed by atoms with E-state index in [-0.39, 0.29) is 22.4 Å². The molecular weight excluding hydrogens is 386 g/mol. The van der Waals surface area contributed by atoms with Crippen LogP contribution in [0.2, 0.25) is 0 Å². The summed E-state index contributed by atoms with van der Waals surface area (Å²) in [6.07, 6.45) is 1.66. The van der Waals surface area contributed by atoms with Crippen molar-refractivity contribution in [1.82, 2.24) is 10.3 Å². The topological polar surface area (TPSA) is 88.2 Å². The van der Waals surface area contributed by atoms with Gasteiger partial charge in [-0.25, -0.2) is 8.42 Å². The number of hydrogen-bond donors (Lipinski definition) is 2. The van der Waals surface area contributed by atoms with E-state index in [1.807, 2.05) is 38.1 Å². The Balaban J connectivity index is 1.83. The fraction of sp³-hybridized carbons (Fsp3) is 0.182. The van der Waals surface area contributed by atoms with Crippen LogP contribution in [0.5, 0.6) is 0 Å². The second kappa shape index (κ2) is 8.45. The zero-order valence-corrected chi connectivity index (χ0v) is 17.3. The van der Waals surface area contributed by atoms with Gasteiger partial charge in [0.15, 0.2) is 0 Å². The molecule has 7 heteroatoms. The molecule has 150 valence electrons. The molecule has 0 aliphatic carbocycles. The van der Waals surface area contributed by atoms with Crippen molar-refractivity contribution >= 4 is 21.6 Å². The van der Waals surface area contributed by atoms with Gasteiger partial charge in [-0.1, -0.05) is 29.8 Å². The standard InChI is InChI=1S/C22H23N3O3S/c1-15-7-11-19(12-8-15)25-29(27,28)21-14-18(10-9-16(21)2)22(26)24-17(3)20-6-4-5-13-23-20/h4-14,17,25H,1-3H3,(H,24,26). The number of pyridine rings is 1. The highest BCUT2D eigenvalue weighted by Gasteiger charge is 2.20. The number of benzene rings is 2. The van der Waals surface area contributed by atoms with Crippen LogP contribution in [0.4, 0.5) is 5.69 Å². The van der Waals surface area contributed by atoms with E-state index in [0.29, 0.717) is 11.3 Å². The highest BCUT2D eigenvalue weighted by atomic mass is 32.2. The van der Waals surface area contributed by atoms with Crippen molar-refractivity contribution in [3.05, 3.63) is 89.2 Å². The minimum absolute atomic E-state index is 0.0659. The summed E-state index contributed by atoms with van der Waals surface area (Å²) in [5.41, 5.74) is 3.04. The Labute approximate surface area is 171 Å². The Morgan fingerprint density at radius 3 is 2.38 bits per heavy atom. The third kappa shape index (κ3) is 5.00. The number of nitrogens with one attached hydrogen (secondary N) is 2. The molecule has 0 saturated carbocycles. The molecule has 0 fully saturated rings. The van der Waals surface area contributed by atoms with Gasteiger partial charge < -0.3 is 5.32 Å². The average Bonchev–Trinajstić information content (AvgIpc) is 2.70. The lowest BCUT2D eigenvalue weighted by atomic mass is 10.1. The first-order chi connectivity index (χ1) is 13.8. The fourth-order valence-corrected chi connectivity index (χ4v) is 4.18. The van der Waals surface area contributed by atoms with Crippen LogP contribution in [0.1, 0.15) is 40.1 Å². The summed E-state index contributed by atoms with van der Waals surface area (Å²) in [6, 6.07) is 16.9. The van der Waals surface area contributed by atoms with Crippen LogP contribution in [-0.2, 0) is 10.0 Å². The normalized spacial score (nSPS) is 12.2. The number of anilines is 1. The van der Waals surface area contributed by atoms with Crippen molar-refractivity contribution in [3.8, 4) is 0 Å². The Kier molecular flexibility index (Phi) is 5.98. The van der Waals surface area contributed by atoms with Crippen LogP contribution >= 0.6 is 0 Å². The van der Waals surface area contributed by atoms with Gasteiger partial charge in [-0.05, 0) is 62.7 Å². The molecule has 2 aromatic carbocycles. The van der Waals surface area contributed by atoms with Crippen LogP contribution in [0.3, 0.4) is 0 Å². The maximum absolute atomic E-state index is 12.9. The predicted octanol–water partition coefficient (Wildman–Crippen LogP) is 3.99. The van der Waals surface area contributed by atoms with E-state index in [4.69, 9.17) is 0 Å². The molecule has 2 N–H and O–H groups in total. The third-order valence-corrected chi connectivity index (χ3v) is 6.05. The van der Waals surface area contributed by atoms with Crippen LogP contribution in [-0.4, -0.2) is 19.3 Å². The van der Waals surface area contributed by atoms with Gasteiger partial charge in [0.2, 0.25) is 0 Å². The molecule has 6 nitrogen and oxygen atoms in total. The van der Waals surface area contributed by atoms with E-state index < -0.39 is 10.0 Å². The lowest BCUT2D eigenvalue weighted by molar-refractivity contribution is 0.0939. The van der Waals surface area contributed by atoms with Crippen molar-refractivity contribution in [2.45, 2.75) is 31.7 Å². The first-order valence-electron chi connectivity index (χ1n) is 9.18.